The minimum atomic E-state index is -0.771. The van der Waals surface area contributed by atoms with E-state index in [4.69, 9.17) is 4.42 Å². The van der Waals surface area contributed by atoms with E-state index in [1.807, 2.05) is 6.92 Å². The van der Waals surface area contributed by atoms with Gasteiger partial charge in [-0.25, -0.2) is 4.39 Å². The van der Waals surface area contributed by atoms with Crippen LogP contribution >= 0.6 is 0 Å². The monoisotopic (exact) mass is 266 g/mol. The number of nitro benzene ring substituents is 1. The van der Waals surface area contributed by atoms with Crippen molar-refractivity contribution < 1.29 is 13.7 Å². The van der Waals surface area contributed by atoms with Crippen molar-refractivity contribution in [2.45, 2.75) is 13.5 Å². The number of nitro groups is 1. The Morgan fingerprint density at radius 2 is 2.26 bits per heavy atom. The van der Waals surface area contributed by atoms with Crippen LogP contribution in [0.1, 0.15) is 12.8 Å². The molecule has 0 aliphatic rings. The van der Waals surface area contributed by atoms with Gasteiger partial charge in [0, 0.05) is 6.07 Å². The van der Waals surface area contributed by atoms with E-state index in [9.17, 15) is 14.5 Å². The van der Waals surface area contributed by atoms with E-state index in [-0.39, 0.29) is 17.1 Å². The van der Waals surface area contributed by atoms with Crippen LogP contribution in [0.5, 0.6) is 0 Å². The van der Waals surface area contributed by atoms with Crippen molar-refractivity contribution in [3.63, 3.8) is 0 Å². The summed E-state index contributed by atoms with van der Waals surface area (Å²) in [5.74, 6) is -0.442. The summed E-state index contributed by atoms with van der Waals surface area (Å²) in [6, 6.07) is 3.26. The fourth-order valence-corrected chi connectivity index (χ4v) is 1.46. The number of nitrogens with zero attached hydrogens (tertiary/aromatic N) is 3. The van der Waals surface area contributed by atoms with Crippen molar-refractivity contribution in [2.75, 3.05) is 6.54 Å². The molecule has 0 bridgehead atoms. The Labute approximate surface area is 107 Å². The summed E-state index contributed by atoms with van der Waals surface area (Å²) in [4.78, 5) is 9.83. The van der Waals surface area contributed by atoms with Gasteiger partial charge < -0.3 is 9.73 Å². The highest BCUT2D eigenvalue weighted by Crippen LogP contribution is 2.25. The van der Waals surface area contributed by atoms with E-state index in [1.54, 1.807) is 0 Å². The van der Waals surface area contributed by atoms with Gasteiger partial charge in [0.05, 0.1) is 23.1 Å². The molecule has 0 unspecified atom stereocenters. The van der Waals surface area contributed by atoms with E-state index in [0.717, 1.165) is 12.6 Å². The molecule has 0 aliphatic heterocycles. The van der Waals surface area contributed by atoms with Crippen LogP contribution in [0, 0.1) is 15.9 Å². The Kier molecular flexibility index (Phi) is 3.81. The lowest BCUT2D eigenvalue weighted by Crippen LogP contribution is -2.11. The third-order valence-electron chi connectivity index (χ3n) is 2.39. The standard InChI is InChI=1S/C11H11FN4O3/c1-2-13-6-10-14-15-11(19-10)8-4-3-7(16(17)18)5-9(8)12/h3-5,13H,2,6H2,1H3. The van der Waals surface area contributed by atoms with Crippen molar-refractivity contribution >= 4 is 5.69 Å². The predicted octanol–water partition coefficient (Wildman–Crippen LogP) is 1.89. The fourth-order valence-electron chi connectivity index (χ4n) is 1.46. The first-order valence-corrected chi connectivity index (χ1v) is 5.59. The van der Waals surface area contributed by atoms with Gasteiger partial charge in [-0.05, 0) is 12.6 Å². The zero-order valence-corrected chi connectivity index (χ0v) is 10.1. The Morgan fingerprint density at radius 3 is 2.89 bits per heavy atom. The molecule has 1 N–H and O–H groups in total. The highest BCUT2D eigenvalue weighted by Gasteiger charge is 2.16. The molecule has 1 aromatic heterocycles. The summed E-state index contributed by atoms with van der Waals surface area (Å²) in [5, 5.41) is 20.9. The average Bonchev–Trinajstić information content (AvgIpc) is 2.84. The molecule has 7 nitrogen and oxygen atoms in total. The maximum absolute atomic E-state index is 13.7. The highest BCUT2D eigenvalue weighted by atomic mass is 19.1. The number of hydrogen-bond donors (Lipinski definition) is 1. The van der Waals surface area contributed by atoms with Crippen molar-refractivity contribution in [1.29, 1.82) is 0 Å². The summed E-state index contributed by atoms with van der Waals surface area (Å²) in [6.45, 7) is 3.05. The molecule has 0 atom stereocenters. The van der Waals surface area contributed by atoms with E-state index >= 15 is 0 Å². The zero-order valence-electron chi connectivity index (χ0n) is 10.1. The van der Waals surface area contributed by atoms with E-state index in [2.05, 4.69) is 15.5 Å². The van der Waals surface area contributed by atoms with Crippen molar-refractivity contribution in [3.8, 4) is 11.5 Å². The van der Waals surface area contributed by atoms with Crippen LogP contribution in [0.15, 0.2) is 22.6 Å². The second-order valence-electron chi connectivity index (χ2n) is 3.70. The lowest BCUT2D eigenvalue weighted by Gasteiger charge is -1.98. The summed E-state index contributed by atoms with van der Waals surface area (Å²) in [7, 11) is 0. The zero-order chi connectivity index (χ0) is 13.8. The molecule has 1 aromatic carbocycles. The number of hydrogen-bond acceptors (Lipinski definition) is 6. The van der Waals surface area contributed by atoms with Crippen LogP contribution < -0.4 is 5.32 Å². The normalized spacial score (nSPS) is 10.6. The molecule has 0 saturated carbocycles. The number of nitrogens with one attached hydrogen (secondary N) is 1. The molecule has 0 fully saturated rings. The highest BCUT2D eigenvalue weighted by molar-refractivity contribution is 5.56. The molecule has 0 amide bonds. The molecular formula is C11H11FN4O3. The van der Waals surface area contributed by atoms with E-state index < -0.39 is 10.7 Å². The Hall–Kier alpha value is -2.35. The van der Waals surface area contributed by atoms with Crippen LogP contribution in [0.2, 0.25) is 0 Å². The lowest BCUT2D eigenvalue weighted by molar-refractivity contribution is -0.385. The summed E-state index contributed by atoms with van der Waals surface area (Å²) < 4.78 is 19.0. The third kappa shape index (κ3) is 2.91. The van der Waals surface area contributed by atoms with Gasteiger partial charge in [0.15, 0.2) is 0 Å². The van der Waals surface area contributed by atoms with Crippen LogP contribution in [0.25, 0.3) is 11.5 Å². The lowest BCUT2D eigenvalue weighted by atomic mass is 10.2. The molecule has 2 aromatic rings. The largest absolute Gasteiger partial charge is 0.419 e. The Bertz CT molecular complexity index is 599. The second-order valence-corrected chi connectivity index (χ2v) is 3.70. The van der Waals surface area contributed by atoms with Gasteiger partial charge in [-0.15, -0.1) is 10.2 Å². The molecule has 8 heteroatoms. The van der Waals surface area contributed by atoms with Gasteiger partial charge in [-0.1, -0.05) is 6.92 Å². The van der Waals surface area contributed by atoms with E-state index in [0.29, 0.717) is 12.4 Å². The van der Waals surface area contributed by atoms with Crippen LogP contribution in [-0.4, -0.2) is 21.7 Å². The van der Waals surface area contributed by atoms with Crippen molar-refractivity contribution in [3.05, 3.63) is 40.0 Å². The van der Waals surface area contributed by atoms with Crippen LogP contribution in [0.4, 0.5) is 10.1 Å². The van der Waals surface area contributed by atoms with Gasteiger partial charge in [-0.3, -0.25) is 10.1 Å². The fraction of sp³-hybridized carbons (Fsp3) is 0.273. The van der Waals surface area contributed by atoms with Crippen LogP contribution in [0.3, 0.4) is 0 Å². The summed E-state index contributed by atoms with van der Waals surface area (Å²) in [5.41, 5.74) is -0.283. The van der Waals surface area contributed by atoms with Gasteiger partial charge in [0.1, 0.15) is 5.82 Å². The molecule has 100 valence electrons. The number of rotatable bonds is 5. The van der Waals surface area contributed by atoms with Crippen molar-refractivity contribution in [2.24, 2.45) is 0 Å². The second kappa shape index (κ2) is 5.53. The first-order chi connectivity index (χ1) is 9.11. The molecule has 0 radical (unpaired) electrons. The number of halogens is 1. The average molecular weight is 266 g/mol. The minimum Gasteiger partial charge on any atom is -0.419 e. The first-order valence-electron chi connectivity index (χ1n) is 5.59. The van der Waals surface area contributed by atoms with Crippen molar-refractivity contribution in [1.82, 2.24) is 15.5 Å². The number of aromatic nitrogens is 2. The Morgan fingerprint density at radius 1 is 1.47 bits per heavy atom. The molecule has 2 rings (SSSR count). The smallest absolute Gasteiger partial charge is 0.272 e. The minimum absolute atomic E-state index is 0.000279. The maximum Gasteiger partial charge on any atom is 0.272 e. The molecular weight excluding hydrogens is 255 g/mol. The maximum atomic E-state index is 13.7. The Balaban J connectivity index is 2.26. The molecule has 0 aliphatic carbocycles. The van der Waals surface area contributed by atoms with Gasteiger partial charge >= 0.3 is 0 Å². The topological polar surface area (TPSA) is 94.1 Å². The summed E-state index contributed by atoms with van der Waals surface area (Å²) in [6.07, 6.45) is 0. The number of non-ortho nitro benzene ring substituents is 1. The quantitative estimate of drug-likeness (QED) is 0.656. The number of benzene rings is 1. The third-order valence-corrected chi connectivity index (χ3v) is 2.39. The van der Waals surface area contributed by atoms with E-state index in [1.165, 1.54) is 12.1 Å². The van der Waals surface area contributed by atoms with Gasteiger partial charge in [0.2, 0.25) is 5.89 Å². The van der Waals surface area contributed by atoms with Gasteiger partial charge in [-0.2, -0.15) is 0 Å². The summed E-state index contributed by atoms with van der Waals surface area (Å²) >= 11 is 0. The molecule has 0 spiro atoms. The predicted molar refractivity (Wildman–Crippen MR) is 63.7 cm³/mol. The molecule has 19 heavy (non-hydrogen) atoms. The molecule has 0 saturated heterocycles. The van der Waals surface area contributed by atoms with Gasteiger partial charge in [0.25, 0.3) is 11.6 Å². The molecule has 1 heterocycles. The SMILES string of the molecule is CCNCc1nnc(-c2ccc([N+](=O)[O-])cc2F)o1. The first kappa shape index (κ1) is 13.1. The van der Waals surface area contributed by atoms with Crippen LogP contribution in [-0.2, 0) is 6.54 Å².